The summed E-state index contributed by atoms with van der Waals surface area (Å²) in [5, 5.41) is 8.98. The molecule has 116 valence electrons. The van der Waals surface area contributed by atoms with Crippen molar-refractivity contribution < 1.29 is 0 Å². The Hall–Kier alpha value is -0.840. The molecule has 2 aromatic heterocycles. The van der Waals surface area contributed by atoms with Gasteiger partial charge in [-0.05, 0) is 45.9 Å². The Morgan fingerprint density at radius 3 is 2.67 bits per heavy atom. The summed E-state index contributed by atoms with van der Waals surface area (Å²) in [5.74, 6) is 0. The van der Waals surface area contributed by atoms with Crippen LogP contribution in [0.15, 0.2) is 12.1 Å². The Balaban J connectivity index is 2.26. The van der Waals surface area contributed by atoms with Crippen molar-refractivity contribution in [2.45, 2.75) is 53.1 Å². The average Bonchev–Trinajstić information content (AvgIpc) is 3.01. The van der Waals surface area contributed by atoms with Gasteiger partial charge in [-0.2, -0.15) is 5.10 Å². The number of hydrogen-bond acceptors (Lipinski definition) is 3. The van der Waals surface area contributed by atoms with Gasteiger partial charge in [-0.3, -0.25) is 4.68 Å². The number of rotatable bonds is 7. The van der Waals surface area contributed by atoms with Crippen LogP contribution in [0, 0.1) is 13.8 Å². The van der Waals surface area contributed by atoms with Crippen LogP contribution < -0.4 is 5.32 Å². The number of nitrogens with zero attached hydrogens (tertiary/aromatic N) is 2. The second-order valence-corrected chi connectivity index (χ2v) is 7.02. The van der Waals surface area contributed by atoms with Gasteiger partial charge in [0.2, 0.25) is 0 Å². The quantitative estimate of drug-likeness (QED) is 0.811. The maximum atomic E-state index is 6.46. The Morgan fingerprint density at radius 1 is 1.33 bits per heavy atom. The number of aryl methyl sites for hydroxylation is 3. The highest BCUT2D eigenvalue weighted by molar-refractivity contribution is 7.12. The first-order chi connectivity index (χ1) is 10.1. The van der Waals surface area contributed by atoms with E-state index in [0.717, 1.165) is 42.3 Å². The minimum absolute atomic E-state index is 0.308. The smallest absolute Gasteiger partial charge is 0.0847 e. The van der Waals surface area contributed by atoms with Crippen molar-refractivity contribution in [1.82, 2.24) is 15.1 Å². The molecule has 0 saturated heterocycles. The SMILES string of the molecule is CCCNC(Cc1c(Cl)c(C)nn1CC)c1ccc(C)s1. The van der Waals surface area contributed by atoms with E-state index in [-0.39, 0.29) is 0 Å². The van der Waals surface area contributed by atoms with E-state index in [4.69, 9.17) is 11.6 Å². The molecule has 2 aromatic rings. The summed E-state index contributed by atoms with van der Waals surface area (Å²) in [4.78, 5) is 2.72. The highest BCUT2D eigenvalue weighted by Gasteiger charge is 2.20. The monoisotopic (exact) mass is 325 g/mol. The number of thiophene rings is 1. The zero-order chi connectivity index (χ0) is 15.4. The normalized spacial score (nSPS) is 12.8. The van der Waals surface area contributed by atoms with Gasteiger partial charge in [0.05, 0.1) is 16.4 Å². The first kappa shape index (κ1) is 16.5. The van der Waals surface area contributed by atoms with Crippen LogP contribution in [0.2, 0.25) is 5.02 Å². The van der Waals surface area contributed by atoms with Gasteiger partial charge in [-0.15, -0.1) is 11.3 Å². The highest BCUT2D eigenvalue weighted by atomic mass is 35.5. The second-order valence-electron chi connectivity index (χ2n) is 5.32. The summed E-state index contributed by atoms with van der Waals surface area (Å²) in [6.45, 7) is 10.3. The van der Waals surface area contributed by atoms with E-state index >= 15 is 0 Å². The lowest BCUT2D eigenvalue weighted by atomic mass is 10.1. The predicted octanol–water partition coefficient (Wildman–Crippen LogP) is 4.52. The summed E-state index contributed by atoms with van der Waals surface area (Å²) < 4.78 is 2.03. The Morgan fingerprint density at radius 2 is 2.10 bits per heavy atom. The van der Waals surface area contributed by atoms with Gasteiger partial charge in [-0.25, -0.2) is 0 Å². The van der Waals surface area contributed by atoms with E-state index in [0.29, 0.717) is 6.04 Å². The summed E-state index contributed by atoms with van der Waals surface area (Å²) in [5.41, 5.74) is 2.06. The summed E-state index contributed by atoms with van der Waals surface area (Å²) >= 11 is 8.31. The van der Waals surface area contributed by atoms with Crippen LogP contribution in [0.25, 0.3) is 0 Å². The molecule has 0 aliphatic carbocycles. The van der Waals surface area contributed by atoms with E-state index in [9.17, 15) is 0 Å². The van der Waals surface area contributed by atoms with Gasteiger partial charge >= 0.3 is 0 Å². The minimum atomic E-state index is 0.308. The molecule has 0 aliphatic heterocycles. The first-order valence-corrected chi connectivity index (χ1v) is 8.77. The minimum Gasteiger partial charge on any atom is -0.309 e. The Bertz CT molecular complexity index is 588. The van der Waals surface area contributed by atoms with Gasteiger partial charge < -0.3 is 5.32 Å². The van der Waals surface area contributed by atoms with E-state index in [1.54, 1.807) is 0 Å². The van der Waals surface area contributed by atoms with Gasteiger partial charge in [0.25, 0.3) is 0 Å². The number of nitrogens with one attached hydrogen (secondary N) is 1. The lowest BCUT2D eigenvalue weighted by Crippen LogP contribution is -2.24. The van der Waals surface area contributed by atoms with Gasteiger partial charge in [-0.1, -0.05) is 18.5 Å². The molecule has 1 N–H and O–H groups in total. The molecule has 21 heavy (non-hydrogen) atoms. The molecule has 1 atom stereocenters. The fraction of sp³-hybridized carbons (Fsp3) is 0.562. The molecule has 0 saturated carbocycles. The number of hydrogen-bond donors (Lipinski definition) is 1. The zero-order valence-electron chi connectivity index (χ0n) is 13.2. The fourth-order valence-corrected chi connectivity index (χ4v) is 3.66. The van der Waals surface area contributed by atoms with E-state index in [1.165, 1.54) is 9.75 Å². The van der Waals surface area contributed by atoms with Crippen LogP contribution in [-0.2, 0) is 13.0 Å². The molecule has 0 spiro atoms. The lowest BCUT2D eigenvalue weighted by Gasteiger charge is -2.18. The molecular weight excluding hydrogens is 302 g/mol. The summed E-state index contributed by atoms with van der Waals surface area (Å²) in [6, 6.07) is 4.72. The molecule has 0 amide bonds. The van der Waals surface area contributed by atoms with Crippen LogP contribution in [0.4, 0.5) is 0 Å². The Kier molecular flexibility index (Phi) is 5.85. The third-order valence-corrected chi connectivity index (χ3v) is 5.20. The van der Waals surface area contributed by atoms with Gasteiger partial charge in [0.1, 0.15) is 0 Å². The zero-order valence-corrected chi connectivity index (χ0v) is 14.8. The van der Waals surface area contributed by atoms with Crippen molar-refractivity contribution in [3.8, 4) is 0 Å². The van der Waals surface area contributed by atoms with Crippen LogP contribution in [0.1, 0.15) is 47.5 Å². The van der Waals surface area contributed by atoms with E-state index in [2.05, 4.69) is 43.3 Å². The molecular formula is C16H24ClN3S. The van der Waals surface area contributed by atoms with Crippen molar-refractivity contribution in [3.63, 3.8) is 0 Å². The first-order valence-electron chi connectivity index (χ1n) is 7.58. The van der Waals surface area contributed by atoms with Crippen LogP contribution in [0.3, 0.4) is 0 Å². The molecule has 3 nitrogen and oxygen atoms in total. The van der Waals surface area contributed by atoms with E-state index < -0.39 is 0 Å². The molecule has 0 radical (unpaired) electrons. The molecule has 2 heterocycles. The molecule has 0 bridgehead atoms. The number of halogens is 1. The van der Waals surface area contributed by atoms with Crippen LogP contribution >= 0.6 is 22.9 Å². The molecule has 2 rings (SSSR count). The molecule has 0 fully saturated rings. The van der Waals surface area contributed by atoms with Crippen LogP contribution in [-0.4, -0.2) is 16.3 Å². The van der Waals surface area contributed by atoms with Crippen molar-refractivity contribution >= 4 is 22.9 Å². The summed E-state index contributed by atoms with van der Waals surface area (Å²) in [6.07, 6.45) is 2.01. The lowest BCUT2D eigenvalue weighted by molar-refractivity contribution is 0.508. The maximum Gasteiger partial charge on any atom is 0.0847 e. The number of aromatic nitrogens is 2. The maximum absolute atomic E-state index is 6.46. The van der Waals surface area contributed by atoms with Gasteiger partial charge in [0.15, 0.2) is 0 Å². The van der Waals surface area contributed by atoms with Crippen molar-refractivity contribution in [1.29, 1.82) is 0 Å². The van der Waals surface area contributed by atoms with Crippen molar-refractivity contribution in [2.75, 3.05) is 6.54 Å². The molecule has 0 aromatic carbocycles. The molecule has 0 aliphatic rings. The van der Waals surface area contributed by atoms with E-state index in [1.807, 2.05) is 22.9 Å². The third kappa shape index (κ3) is 3.87. The summed E-state index contributed by atoms with van der Waals surface area (Å²) in [7, 11) is 0. The Labute approximate surface area is 136 Å². The van der Waals surface area contributed by atoms with Crippen molar-refractivity contribution in [3.05, 3.63) is 38.3 Å². The fourth-order valence-electron chi connectivity index (χ4n) is 2.49. The molecule has 5 heteroatoms. The second kappa shape index (κ2) is 7.43. The standard InChI is InChI=1S/C16H24ClN3S/c1-5-9-18-13(15-8-7-11(3)21-15)10-14-16(17)12(4)19-20(14)6-2/h7-8,13,18H,5-6,9-10H2,1-4H3. The largest absolute Gasteiger partial charge is 0.309 e. The highest BCUT2D eigenvalue weighted by Crippen LogP contribution is 2.29. The average molecular weight is 326 g/mol. The topological polar surface area (TPSA) is 29.9 Å². The van der Waals surface area contributed by atoms with Crippen LogP contribution in [0.5, 0.6) is 0 Å². The predicted molar refractivity (Wildman–Crippen MR) is 91.4 cm³/mol. The van der Waals surface area contributed by atoms with Crippen molar-refractivity contribution in [2.24, 2.45) is 0 Å². The molecule has 1 unspecified atom stereocenters. The van der Waals surface area contributed by atoms with Gasteiger partial charge in [0, 0.05) is 28.8 Å². The third-order valence-electron chi connectivity index (χ3n) is 3.60.